The molecule has 1 aliphatic rings. The molecule has 7 nitrogen and oxygen atoms in total. The first-order valence-electron chi connectivity index (χ1n) is 12.2. The minimum Gasteiger partial charge on any atom is -0.493 e. The number of aryl methyl sites for hydroxylation is 1. The number of nitrogens with zero attached hydrogens (tertiary/aromatic N) is 3. The lowest BCUT2D eigenvalue weighted by molar-refractivity contribution is -0.0572. The summed E-state index contributed by atoms with van der Waals surface area (Å²) < 4.78 is 19.6. The normalized spacial score (nSPS) is 14.8. The molecule has 1 saturated carbocycles. The van der Waals surface area contributed by atoms with E-state index in [-0.39, 0.29) is 5.60 Å². The molecule has 0 unspecified atom stereocenters. The quantitative estimate of drug-likeness (QED) is 0.416. The van der Waals surface area contributed by atoms with Crippen LogP contribution in [0.1, 0.15) is 39.2 Å². The number of aromatic nitrogens is 2. The summed E-state index contributed by atoms with van der Waals surface area (Å²) in [5.74, 6) is 1.96. The van der Waals surface area contributed by atoms with Crippen LogP contribution < -0.4 is 9.47 Å². The number of methoxy groups -OCH3 is 1. The zero-order valence-corrected chi connectivity index (χ0v) is 21.4. The van der Waals surface area contributed by atoms with Crippen LogP contribution in [-0.2, 0) is 18.3 Å². The number of benzene rings is 2. The molecule has 0 aliphatic heterocycles. The molecule has 1 heterocycles. The van der Waals surface area contributed by atoms with Crippen LogP contribution in [0.4, 0.5) is 0 Å². The number of hydrogen-bond donors (Lipinski definition) is 1. The number of para-hydroxylation sites is 2. The fourth-order valence-electron chi connectivity index (χ4n) is 4.11. The van der Waals surface area contributed by atoms with E-state index in [1.54, 1.807) is 11.8 Å². The van der Waals surface area contributed by atoms with E-state index >= 15 is 0 Å². The fourth-order valence-corrected chi connectivity index (χ4v) is 4.11. The Bertz CT molecular complexity index is 1100. The van der Waals surface area contributed by atoms with E-state index in [2.05, 4.69) is 17.0 Å². The van der Waals surface area contributed by atoms with Crippen molar-refractivity contribution in [3.8, 4) is 28.6 Å². The van der Waals surface area contributed by atoms with Crippen LogP contribution in [0, 0.1) is 0 Å². The Balaban J connectivity index is 1.65. The molecule has 1 aliphatic carbocycles. The highest BCUT2D eigenvalue weighted by atomic mass is 16.5. The van der Waals surface area contributed by atoms with Crippen molar-refractivity contribution < 1.29 is 19.3 Å². The molecule has 0 bridgehead atoms. The topological polar surface area (TPSA) is 69.0 Å². The molecule has 0 spiro atoms. The summed E-state index contributed by atoms with van der Waals surface area (Å²) in [5, 5.41) is 15.6. The first-order chi connectivity index (χ1) is 16.7. The Morgan fingerprint density at radius 1 is 1.06 bits per heavy atom. The van der Waals surface area contributed by atoms with Crippen molar-refractivity contribution in [2.75, 3.05) is 20.3 Å². The summed E-state index contributed by atoms with van der Waals surface area (Å²) in [6, 6.07) is 18.2. The molecule has 0 saturated heterocycles. The zero-order valence-electron chi connectivity index (χ0n) is 21.4. The van der Waals surface area contributed by atoms with Gasteiger partial charge in [0.2, 0.25) is 5.88 Å². The molecule has 188 valence electrons. The Labute approximate surface area is 208 Å². The van der Waals surface area contributed by atoms with E-state index in [4.69, 9.17) is 19.3 Å². The van der Waals surface area contributed by atoms with Gasteiger partial charge in [-0.3, -0.25) is 4.90 Å². The van der Waals surface area contributed by atoms with E-state index in [9.17, 15) is 5.11 Å². The third kappa shape index (κ3) is 6.63. The number of rotatable bonds is 11. The maximum atomic E-state index is 10.8. The van der Waals surface area contributed by atoms with Crippen LogP contribution in [0.2, 0.25) is 0 Å². The second kappa shape index (κ2) is 10.8. The van der Waals surface area contributed by atoms with Crippen LogP contribution in [0.15, 0.2) is 54.6 Å². The summed E-state index contributed by atoms with van der Waals surface area (Å²) in [5.41, 5.74) is 2.61. The number of aliphatic hydroxyl groups is 1. The van der Waals surface area contributed by atoms with E-state index in [1.807, 2.05) is 70.3 Å². The monoisotopic (exact) mass is 479 g/mol. The lowest BCUT2D eigenvalue weighted by Crippen LogP contribution is -2.37. The molecule has 3 aromatic rings. The van der Waals surface area contributed by atoms with Gasteiger partial charge in [-0.25, -0.2) is 4.68 Å². The van der Waals surface area contributed by atoms with Crippen molar-refractivity contribution in [2.24, 2.45) is 7.05 Å². The molecule has 2 aromatic carbocycles. The largest absolute Gasteiger partial charge is 0.493 e. The van der Waals surface area contributed by atoms with Crippen LogP contribution in [-0.4, -0.2) is 57.8 Å². The molecule has 7 heteroatoms. The summed E-state index contributed by atoms with van der Waals surface area (Å²) in [4.78, 5) is 2.33. The highest BCUT2D eigenvalue weighted by Gasteiger charge is 2.33. The third-order valence-corrected chi connectivity index (χ3v) is 5.99. The standard InChI is InChI=1S/C28H37N3O4/c1-28(2,3)34-19-22(32)17-31(21-15-16-21)18-23-26(20-11-7-6-8-12-20)29-30(4)27(23)35-25-14-10-9-13-24(25)33-5/h6-14,21-22,32H,15-19H2,1-5H3/t22-/m0/s1. The van der Waals surface area contributed by atoms with E-state index < -0.39 is 6.10 Å². The molecule has 1 aromatic heterocycles. The van der Waals surface area contributed by atoms with Gasteiger partial charge in [-0.05, 0) is 45.7 Å². The van der Waals surface area contributed by atoms with Gasteiger partial charge in [0.15, 0.2) is 11.5 Å². The number of ether oxygens (including phenoxy) is 3. The number of aliphatic hydroxyl groups excluding tert-OH is 1. The first kappa shape index (κ1) is 25.2. The van der Waals surface area contributed by atoms with Gasteiger partial charge in [0.25, 0.3) is 0 Å². The zero-order chi connectivity index (χ0) is 25.0. The molecule has 0 radical (unpaired) electrons. The third-order valence-electron chi connectivity index (χ3n) is 5.99. The Morgan fingerprint density at radius 3 is 2.34 bits per heavy atom. The molecule has 1 atom stereocenters. The van der Waals surface area contributed by atoms with Crippen molar-refractivity contribution in [1.29, 1.82) is 0 Å². The minimum atomic E-state index is -0.578. The molecule has 1 N–H and O–H groups in total. The number of hydrogen-bond acceptors (Lipinski definition) is 6. The fraction of sp³-hybridized carbons (Fsp3) is 0.464. The van der Waals surface area contributed by atoms with Gasteiger partial charge in [-0.1, -0.05) is 42.5 Å². The average Bonchev–Trinajstić information content (AvgIpc) is 3.64. The predicted molar refractivity (Wildman–Crippen MR) is 137 cm³/mol. The molecule has 4 rings (SSSR count). The van der Waals surface area contributed by atoms with E-state index in [1.165, 1.54) is 0 Å². The SMILES string of the molecule is COc1ccccc1Oc1c(CN(C[C@H](O)COC(C)(C)C)C2CC2)c(-c2ccccc2)nn1C. The second-order valence-electron chi connectivity index (χ2n) is 10.1. The Morgan fingerprint density at radius 2 is 1.71 bits per heavy atom. The van der Waals surface area contributed by atoms with Crippen molar-refractivity contribution in [2.45, 2.75) is 57.9 Å². The van der Waals surface area contributed by atoms with Gasteiger partial charge in [0, 0.05) is 31.7 Å². The van der Waals surface area contributed by atoms with Gasteiger partial charge in [0.1, 0.15) is 5.69 Å². The van der Waals surface area contributed by atoms with Crippen LogP contribution in [0.3, 0.4) is 0 Å². The van der Waals surface area contributed by atoms with Gasteiger partial charge < -0.3 is 19.3 Å². The summed E-state index contributed by atoms with van der Waals surface area (Å²) in [6.45, 7) is 7.44. The Kier molecular flexibility index (Phi) is 7.79. The maximum absolute atomic E-state index is 10.8. The van der Waals surface area contributed by atoms with Crippen molar-refractivity contribution in [1.82, 2.24) is 14.7 Å². The molecular weight excluding hydrogens is 442 g/mol. The van der Waals surface area contributed by atoms with Crippen molar-refractivity contribution in [3.05, 3.63) is 60.2 Å². The summed E-state index contributed by atoms with van der Waals surface area (Å²) >= 11 is 0. The highest BCUT2D eigenvalue weighted by Crippen LogP contribution is 2.39. The summed E-state index contributed by atoms with van der Waals surface area (Å²) in [7, 11) is 3.53. The van der Waals surface area contributed by atoms with Crippen molar-refractivity contribution >= 4 is 0 Å². The van der Waals surface area contributed by atoms with Crippen LogP contribution in [0.25, 0.3) is 11.3 Å². The van der Waals surface area contributed by atoms with Crippen LogP contribution >= 0.6 is 0 Å². The molecule has 35 heavy (non-hydrogen) atoms. The first-order valence-corrected chi connectivity index (χ1v) is 12.2. The molecule has 0 amide bonds. The smallest absolute Gasteiger partial charge is 0.222 e. The van der Waals surface area contributed by atoms with E-state index in [0.29, 0.717) is 43.1 Å². The summed E-state index contributed by atoms with van der Waals surface area (Å²) in [6.07, 6.45) is 1.66. The van der Waals surface area contributed by atoms with Crippen LogP contribution in [0.5, 0.6) is 17.4 Å². The van der Waals surface area contributed by atoms with Gasteiger partial charge in [0.05, 0.1) is 31.0 Å². The maximum Gasteiger partial charge on any atom is 0.222 e. The highest BCUT2D eigenvalue weighted by molar-refractivity contribution is 5.66. The minimum absolute atomic E-state index is 0.287. The predicted octanol–water partition coefficient (Wildman–Crippen LogP) is 5.03. The van der Waals surface area contributed by atoms with Gasteiger partial charge >= 0.3 is 0 Å². The lowest BCUT2D eigenvalue weighted by atomic mass is 10.1. The molecular formula is C28H37N3O4. The van der Waals surface area contributed by atoms with E-state index in [0.717, 1.165) is 29.7 Å². The van der Waals surface area contributed by atoms with Crippen molar-refractivity contribution in [3.63, 3.8) is 0 Å². The molecule has 1 fully saturated rings. The van der Waals surface area contributed by atoms with Gasteiger partial charge in [-0.15, -0.1) is 0 Å². The lowest BCUT2D eigenvalue weighted by Gasteiger charge is -2.27. The van der Waals surface area contributed by atoms with Gasteiger partial charge in [-0.2, -0.15) is 5.10 Å². The Hall–Kier alpha value is -2.87. The average molecular weight is 480 g/mol. The second-order valence-corrected chi connectivity index (χ2v) is 10.1.